The van der Waals surface area contributed by atoms with Gasteiger partial charge in [-0.1, -0.05) is 41.3 Å². The van der Waals surface area contributed by atoms with Gasteiger partial charge in [-0.15, -0.1) is 10.2 Å². The predicted molar refractivity (Wildman–Crippen MR) is 100 cm³/mol. The average Bonchev–Trinajstić information content (AvgIpc) is 3.09. The number of rotatable bonds is 5. The van der Waals surface area contributed by atoms with Crippen molar-refractivity contribution in [3.63, 3.8) is 0 Å². The summed E-state index contributed by atoms with van der Waals surface area (Å²) in [5.74, 6) is 0.175. The van der Waals surface area contributed by atoms with E-state index in [9.17, 15) is 4.79 Å². The second-order valence-electron chi connectivity index (χ2n) is 5.53. The number of nitrogens with one attached hydrogen (secondary N) is 1. The van der Waals surface area contributed by atoms with Crippen molar-refractivity contribution in [1.29, 1.82) is 0 Å². The lowest BCUT2D eigenvalue weighted by Crippen LogP contribution is -2.50. The third kappa shape index (κ3) is 3.99. The molecule has 0 unspecified atom stereocenters. The molecule has 3 rings (SSSR count). The molecule has 1 saturated heterocycles. The number of carbonyl (C=O) groups excluding carboxylic acids is 1. The first-order valence-electron chi connectivity index (χ1n) is 7.94. The van der Waals surface area contributed by atoms with Crippen molar-refractivity contribution in [2.45, 2.75) is 16.5 Å². The molecule has 1 aliphatic heterocycles. The van der Waals surface area contributed by atoms with E-state index in [-0.39, 0.29) is 11.2 Å². The molecule has 24 heavy (non-hydrogen) atoms. The van der Waals surface area contributed by atoms with Crippen LogP contribution in [0.1, 0.15) is 6.92 Å². The van der Waals surface area contributed by atoms with Gasteiger partial charge >= 0.3 is 0 Å². The molecular weight excluding hydrogens is 342 g/mol. The van der Waals surface area contributed by atoms with E-state index in [2.05, 4.69) is 32.5 Å². The molecule has 0 saturated carbocycles. The number of benzene rings is 1. The second kappa shape index (κ2) is 7.85. The molecule has 6 nitrogen and oxygen atoms in total. The summed E-state index contributed by atoms with van der Waals surface area (Å²) in [5, 5.41) is 11.7. The maximum Gasteiger partial charge on any atom is 0.235 e. The topological polar surface area (TPSA) is 61.4 Å². The fraction of sp³-hybridized carbons (Fsp3) is 0.438. The van der Waals surface area contributed by atoms with Crippen LogP contribution in [-0.2, 0) is 4.79 Å². The van der Waals surface area contributed by atoms with Crippen molar-refractivity contribution < 1.29 is 4.79 Å². The van der Waals surface area contributed by atoms with Gasteiger partial charge in [0.1, 0.15) is 0 Å². The Bertz CT molecular complexity index is 670. The van der Waals surface area contributed by atoms with Crippen LogP contribution in [0.5, 0.6) is 0 Å². The molecule has 8 heteroatoms. The molecule has 0 spiro atoms. The summed E-state index contributed by atoms with van der Waals surface area (Å²) >= 11 is 2.95. The predicted octanol–water partition coefficient (Wildman–Crippen LogP) is 2.41. The molecule has 128 valence electrons. The summed E-state index contributed by atoms with van der Waals surface area (Å²) in [6.45, 7) is 5.20. The number of aromatic nitrogens is 2. The Balaban J connectivity index is 1.52. The number of thioether (sulfide) groups is 1. The Labute approximate surface area is 150 Å². The van der Waals surface area contributed by atoms with Crippen LogP contribution < -0.4 is 10.2 Å². The van der Waals surface area contributed by atoms with E-state index in [0.29, 0.717) is 0 Å². The first-order chi connectivity index (χ1) is 11.7. The number of para-hydroxylation sites is 1. The van der Waals surface area contributed by atoms with Crippen molar-refractivity contribution in [3.8, 4) is 0 Å². The molecule has 1 fully saturated rings. The molecular formula is C16H21N5OS2. The summed E-state index contributed by atoms with van der Waals surface area (Å²) in [7, 11) is 1.82. The van der Waals surface area contributed by atoms with Gasteiger partial charge in [0.05, 0.1) is 5.25 Å². The van der Waals surface area contributed by atoms with E-state index in [1.54, 1.807) is 0 Å². The van der Waals surface area contributed by atoms with Crippen LogP contribution in [0.2, 0.25) is 0 Å². The van der Waals surface area contributed by atoms with Crippen molar-refractivity contribution in [2.75, 3.05) is 43.4 Å². The summed E-state index contributed by atoms with van der Waals surface area (Å²) in [6.07, 6.45) is 0. The number of amides is 1. The van der Waals surface area contributed by atoms with E-state index in [1.807, 2.05) is 37.1 Å². The number of anilines is 2. The highest BCUT2D eigenvalue weighted by atomic mass is 32.2. The van der Waals surface area contributed by atoms with Crippen LogP contribution in [0.15, 0.2) is 34.7 Å². The molecule has 2 aromatic rings. The first kappa shape index (κ1) is 17.0. The quantitative estimate of drug-likeness (QED) is 0.823. The zero-order chi connectivity index (χ0) is 16.9. The first-order valence-corrected chi connectivity index (χ1v) is 9.63. The molecule has 0 radical (unpaired) electrons. The van der Waals surface area contributed by atoms with Crippen LogP contribution in [0.3, 0.4) is 0 Å². The Hall–Kier alpha value is -1.80. The minimum Gasteiger partial charge on any atom is -0.368 e. The molecule has 1 atom stereocenters. The van der Waals surface area contributed by atoms with Crippen molar-refractivity contribution >= 4 is 39.8 Å². The number of nitrogens with zero attached hydrogens (tertiary/aromatic N) is 4. The Morgan fingerprint density at radius 1 is 1.21 bits per heavy atom. The fourth-order valence-corrected chi connectivity index (χ4v) is 4.57. The van der Waals surface area contributed by atoms with Gasteiger partial charge in [0, 0.05) is 38.9 Å². The Kier molecular flexibility index (Phi) is 5.57. The van der Waals surface area contributed by atoms with Crippen LogP contribution in [-0.4, -0.2) is 59.5 Å². The molecule has 0 aliphatic carbocycles. The highest BCUT2D eigenvalue weighted by Gasteiger charge is 2.26. The molecule has 0 bridgehead atoms. The SMILES string of the molecule is CNc1nnc(S[C@H](C)C(=O)N2CCN(c3ccccc3)CC2)s1. The van der Waals surface area contributed by atoms with Gasteiger partial charge in [-0.2, -0.15) is 0 Å². The normalized spacial score (nSPS) is 16.1. The lowest BCUT2D eigenvalue weighted by molar-refractivity contribution is -0.130. The number of piperazine rings is 1. The van der Waals surface area contributed by atoms with E-state index < -0.39 is 0 Å². The third-order valence-corrected chi connectivity index (χ3v) is 6.07. The summed E-state index contributed by atoms with van der Waals surface area (Å²) < 4.78 is 0.822. The van der Waals surface area contributed by atoms with Crippen molar-refractivity contribution in [2.24, 2.45) is 0 Å². The van der Waals surface area contributed by atoms with Crippen LogP contribution in [0.25, 0.3) is 0 Å². The largest absolute Gasteiger partial charge is 0.368 e. The monoisotopic (exact) mass is 363 g/mol. The third-order valence-electron chi connectivity index (χ3n) is 3.96. The zero-order valence-electron chi connectivity index (χ0n) is 13.8. The van der Waals surface area contributed by atoms with Gasteiger partial charge in [-0.25, -0.2) is 0 Å². The second-order valence-corrected chi connectivity index (χ2v) is 8.10. The van der Waals surface area contributed by atoms with Gasteiger partial charge in [-0.05, 0) is 19.1 Å². The van der Waals surface area contributed by atoms with E-state index in [4.69, 9.17) is 0 Å². The Morgan fingerprint density at radius 2 is 1.92 bits per heavy atom. The standard InChI is InChI=1S/C16H21N5OS2/c1-12(23-16-19-18-15(17-2)24-16)14(22)21-10-8-20(9-11-21)13-6-4-3-5-7-13/h3-7,12H,8-11H2,1-2H3,(H,17,18)/t12-/m1/s1. The Morgan fingerprint density at radius 3 is 2.54 bits per heavy atom. The number of hydrogen-bond acceptors (Lipinski definition) is 7. The van der Waals surface area contributed by atoms with Gasteiger partial charge in [-0.3, -0.25) is 4.79 Å². The lowest BCUT2D eigenvalue weighted by atomic mass is 10.2. The molecule has 1 aromatic carbocycles. The minimum absolute atomic E-state index is 0.147. The number of carbonyl (C=O) groups is 1. The van der Waals surface area contributed by atoms with Gasteiger partial charge in [0.2, 0.25) is 11.0 Å². The van der Waals surface area contributed by atoms with Crippen LogP contribution in [0, 0.1) is 0 Å². The summed E-state index contributed by atoms with van der Waals surface area (Å²) in [4.78, 5) is 16.9. The zero-order valence-corrected chi connectivity index (χ0v) is 15.4. The smallest absolute Gasteiger partial charge is 0.235 e. The highest BCUT2D eigenvalue weighted by Crippen LogP contribution is 2.29. The maximum absolute atomic E-state index is 12.6. The van der Waals surface area contributed by atoms with Gasteiger partial charge < -0.3 is 15.1 Å². The van der Waals surface area contributed by atoms with Gasteiger partial charge in [0.25, 0.3) is 0 Å². The number of hydrogen-bond donors (Lipinski definition) is 1. The fourth-order valence-electron chi connectivity index (χ4n) is 2.64. The summed E-state index contributed by atoms with van der Waals surface area (Å²) in [5.41, 5.74) is 1.22. The molecule has 1 N–H and O–H groups in total. The summed E-state index contributed by atoms with van der Waals surface area (Å²) in [6, 6.07) is 10.4. The maximum atomic E-state index is 12.6. The van der Waals surface area contributed by atoms with E-state index in [0.717, 1.165) is 35.7 Å². The minimum atomic E-state index is -0.147. The van der Waals surface area contributed by atoms with Crippen LogP contribution in [0.4, 0.5) is 10.8 Å². The van der Waals surface area contributed by atoms with Crippen molar-refractivity contribution in [1.82, 2.24) is 15.1 Å². The average molecular weight is 364 g/mol. The van der Waals surface area contributed by atoms with E-state index in [1.165, 1.54) is 28.8 Å². The molecule has 2 heterocycles. The van der Waals surface area contributed by atoms with Crippen molar-refractivity contribution in [3.05, 3.63) is 30.3 Å². The van der Waals surface area contributed by atoms with Crippen LogP contribution >= 0.6 is 23.1 Å². The molecule has 1 aromatic heterocycles. The highest BCUT2D eigenvalue weighted by molar-refractivity contribution is 8.02. The van der Waals surface area contributed by atoms with Gasteiger partial charge in [0.15, 0.2) is 4.34 Å². The van der Waals surface area contributed by atoms with E-state index >= 15 is 0 Å². The lowest BCUT2D eigenvalue weighted by Gasteiger charge is -2.37. The molecule has 1 aliphatic rings. The molecule has 1 amide bonds.